The number of hydrogen-bond donors (Lipinski definition) is 2. The van der Waals surface area contributed by atoms with Crippen molar-refractivity contribution in [2.24, 2.45) is 0 Å². The number of rotatable bonds is 4. The predicted molar refractivity (Wildman–Crippen MR) is 94.2 cm³/mol. The first-order chi connectivity index (χ1) is 11.8. The molecule has 0 aliphatic carbocycles. The van der Waals surface area contributed by atoms with Crippen molar-refractivity contribution in [3.05, 3.63) is 47.4 Å². The summed E-state index contributed by atoms with van der Waals surface area (Å²) in [5.74, 6) is 0.998. The quantitative estimate of drug-likeness (QED) is 0.765. The highest BCUT2D eigenvalue weighted by molar-refractivity contribution is 7.17. The van der Waals surface area contributed by atoms with Crippen molar-refractivity contribution >= 4 is 27.5 Å². The minimum absolute atomic E-state index is 0.108. The minimum atomic E-state index is -0.108. The molecule has 3 aromatic rings. The molecule has 4 rings (SSSR count). The normalized spacial score (nSPS) is 16.8. The van der Waals surface area contributed by atoms with Crippen LogP contribution < -0.4 is 10.6 Å². The van der Waals surface area contributed by atoms with E-state index in [-0.39, 0.29) is 12.1 Å². The van der Waals surface area contributed by atoms with E-state index < -0.39 is 0 Å². The number of carbonyl (C=O) groups excluding carboxylic acids is 1. The van der Waals surface area contributed by atoms with Crippen molar-refractivity contribution in [3.8, 4) is 0 Å². The Kier molecular flexibility index (Phi) is 4.17. The number of carbonyl (C=O) groups is 1. The average Bonchev–Trinajstić information content (AvgIpc) is 3.21. The lowest BCUT2D eigenvalue weighted by Gasteiger charge is -2.23. The van der Waals surface area contributed by atoms with Gasteiger partial charge in [-0.3, -0.25) is 0 Å². The van der Waals surface area contributed by atoms with Gasteiger partial charge < -0.3 is 10.6 Å². The van der Waals surface area contributed by atoms with Crippen LogP contribution in [0.5, 0.6) is 0 Å². The standard InChI is InChI=1S/C17H19N5OS/c23-17(21-13-5-6-16-19-11-20-22(16)9-13)18-8-7-12-10-24-15-4-2-1-3-14(12)15/h1-4,10-11,13H,5-9H2,(H2,18,21,23)/t13-/m0/s1. The van der Waals surface area contributed by atoms with E-state index in [1.165, 1.54) is 15.6 Å². The van der Waals surface area contributed by atoms with Crippen molar-refractivity contribution in [2.45, 2.75) is 31.8 Å². The number of nitrogens with one attached hydrogen (secondary N) is 2. The monoisotopic (exact) mass is 341 g/mol. The molecule has 0 bridgehead atoms. The Morgan fingerprint density at radius 2 is 2.29 bits per heavy atom. The number of nitrogens with zero attached hydrogens (tertiary/aromatic N) is 3. The second kappa shape index (κ2) is 6.60. The summed E-state index contributed by atoms with van der Waals surface area (Å²) in [5.41, 5.74) is 1.29. The molecular formula is C17H19N5OS. The molecule has 1 aliphatic rings. The third-order valence-electron chi connectivity index (χ3n) is 4.38. The van der Waals surface area contributed by atoms with Crippen LogP contribution in [0.15, 0.2) is 36.0 Å². The zero-order valence-corrected chi connectivity index (χ0v) is 14.1. The molecule has 7 heteroatoms. The smallest absolute Gasteiger partial charge is 0.315 e. The van der Waals surface area contributed by atoms with Gasteiger partial charge >= 0.3 is 6.03 Å². The molecule has 2 N–H and O–H groups in total. The summed E-state index contributed by atoms with van der Waals surface area (Å²) in [5, 5.41) is 13.6. The first-order valence-electron chi connectivity index (χ1n) is 8.16. The van der Waals surface area contributed by atoms with Crippen LogP contribution in [0.1, 0.15) is 17.8 Å². The number of urea groups is 1. The van der Waals surface area contributed by atoms with E-state index in [1.54, 1.807) is 17.7 Å². The highest BCUT2D eigenvalue weighted by atomic mass is 32.1. The Balaban J connectivity index is 1.27. The summed E-state index contributed by atoms with van der Waals surface area (Å²) in [4.78, 5) is 16.3. The molecule has 0 spiro atoms. The van der Waals surface area contributed by atoms with Gasteiger partial charge in [0.1, 0.15) is 12.2 Å². The van der Waals surface area contributed by atoms with Gasteiger partial charge in [-0.05, 0) is 35.2 Å². The van der Waals surface area contributed by atoms with Gasteiger partial charge in [0.2, 0.25) is 0 Å². The summed E-state index contributed by atoms with van der Waals surface area (Å²) in [6.07, 6.45) is 4.17. The van der Waals surface area contributed by atoms with Crippen LogP contribution >= 0.6 is 11.3 Å². The molecular weight excluding hydrogens is 322 g/mol. The highest BCUT2D eigenvalue weighted by Gasteiger charge is 2.21. The second-order valence-corrected chi connectivity index (χ2v) is 6.91. The van der Waals surface area contributed by atoms with Crippen LogP contribution in [0.2, 0.25) is 0 Å². The molecule has 1 aliphatic heterocycles. The molecule has 1 atom stereocenters. The van der Waals surface area contributed by atoms with Gasteiger partial charge in [0.15, 0.2) is 0 Å². The van der Waals surface area contributed by atoms with Gasteiger partial charge in [-0.25, -0.2) is 14.5 Å². The van der Waals surface area contributed by atoms with Gasteiger partial charge in [-0.15, -0.1) is 11.3 Å². The highest BCUT2D eigenvalue weighted by Crippen LogP contribution is 2.25. The molecule has 0 saturated carbocycles. The number of amides is 2. The number of hydrogen-bond acceptors (Lipinski definition) is 4. The minimum Gasteiger partial charge on any atom is -0.338 e. The SMILES string of the molecule is O=C(NCCc1csc2ccccc12)N[C@H]1CCc2ncnn2C1. The molecule has 2 aromatic heterocycles. The van der Waals surface area contributed by atoms with E-state index in [4.69, 9.17) is 0 Å². The van der Waals surface area contributed by atoms with Crippen molar-refractivity contribution in [1.82, 2.24) is 25.4 Å². The zero-order chi connectivity index (χ0) is 16.4. The number of thiophene rings is 1. The van der Waals surface area contributed by atoms with E-state index in [9.17, 15) is 4.79 Å². The topological polar surface area (TPSA) is 71.8 Å². The van der Waals surface area contributed by atoms with Crippen molar-refractivity contribution in [3.63, 3.8) is 0 Å². The Hall–Kier alpha value is -2.41. The molecule has 0 saturated heterocycles. The lowest BCUT2D eigenvalue weighted by Crippen LogP contribution is -2.46. The predicted octanol–water partition coefficient (Wildman–Crippen LogP) is 2.35. The first-order valence-corrected chi connectivity index (χ1v) is 9.04. The summed E-state index contributed by atoms with van der Waals surface area (Å²) < 4.78 is 3.16. The third-order valence-corrected chi connectivity index (χ3v) is 5.39. The fourth-order valence-corrected chi connectivity index (χ4v) is 4.13. The third kappa shape index (κ3) is 3.12. The van der Waals surface area contributed by atoms with E-state index in [2.05, 4.69) is 50.4 Å². The van der Waals surface area contributed by atoms with Gasteiger partial charge in [-0.1, -0.05) is 18.2 Å². The van der Waals surface area contributed by atoms with Gasteiger partial charge in [0.25, 0.3) is 0 Å². The van der Waals surface area contributed by atoms with Crippen molar-refractivity contribution in [1.29, 1.82) is 0 Å². The van der Waals surface area contributed by atoms with Gasteiger partial charge in [0, 0.05) is 17.7 Å². The van der Waals surface area contributed by atoms with Crippen LogP contribution in [0, 0.1) is 0 Å². The van der Waals surface area contributed by atoms with E-state index in [1.807, 2.05) is 4.68 Å². The fourth-order valence-electron chi connectivity index (χ4n) is 3.13. The molecule has 6 nitrogen and oxygen atoms in total. The number of benzene rings is 1. The van der Waals surface area contributed by atoms with Crippen LogP contribution in [-0.2, 0) is 19.4 Å². The molecule has 1 aromatic carbocycles. The van der Waals surface area contributed by atoms with E-state index in [0.717, 1.165) is 25.1 Å². The summed E-state index contributed by atoms with van der Waals surface area (Å²) in [6.45, 7) is 1.33. The van der Waals surface area contributed by atoms with Crippen LogP contribution in [-0.4, -0.2) is 33.4 Å². The molecule has 0 fully saturated rings. The van der Waals surface area contributed by atoms with Crippen molar-refractivity contribution < 1.29 is 4.79 Å². The first kappa shape index (κ1) is 15.1. The Morgan fingerprint density at radius 3 is 3.25 bits per heavy atom. The maximum absolute atomic E-state index is 12.1. The number of fused-ring (bicyclic) bond motifs is 2. The molecule has 0 radical (unpaired) electrons. The van der Waals surface area contributed by atoms with Crippen LogP contribution in [0.3, 0.4) is 0 Å². The van der Waals surface area contributed by atoms with E-state index >= 15 is 0 Å². The van der Waals surface area contributed by atoms with E-state index in [0.29, 0.717) is 13.1 Å². The second-order valence-electron chi connectivity index (χ2n) is 6.00. The molecule has 0 unspecified atom stereocenters. The summed E-state index contributed by atoms with van der Waals surface area (Å²) >= 11 is 1.75. The maximum Gasteiger partial charge on any atom is 0.315 e. The molecule has 2 amide bonds. The van der Waals surface area contributed by atoms with Gasteiger partial charge in [0.05, 0.1) is 12.6 Å². The summed E-state index contributed by atoms with van der Waals surface area (Å²) in [6, 6.07) is 8.38. The average molecular weight is 341 g/mol. The number of aryl methyl sites for hydroxylation is 1. The summed E-state index contributed by atoms with van der Waals surface area (Å²) in [7, 11) is 0. The molecule has 124 valence electrons. The fraction of sp³-hybridized carbons (Fsp3) is 0.353. The molecule has 24 heavy (non-hydrogen) atoms. The zero-order valence-electron chi connectivity index (χ0n) is 13.2. The lowest BCUT2D eigenvalue weighted by atomic mass is 10.1. The Morgan fingerprint density at radius 1 is 1.38 bits per heavy atom. The number of aromatic nitrogens is 3. The van der Waals surface area contributed by atoms with Crippen LogP contribution in [0.25, 0.3) is 10.1 Å². The maximum atomic E-state index is 12.1. The Bertz CT molecular complexity index is 855. The van der Waals surface area contributed by atoms with Crippen LogP contribution in [0.4, 0.5) is 4.79 Å². The lowest BCUT2D eigenvalue weighted by molar-refractivity contribution is 0.232. The molecule has 3 heterocycles. The largest absolute Gasteiger partial charge is 0.338 e. The van der Waals surface area contributed by atoms with Gasteiger partial charge in [-0.2, -0.15) is 5.10 Å². The Labute approximate surface area is 143 Å². The van der Waals surface area contributed by atoms with Crippen molar-refractivity contribution in [2.75, 3.05) is 6.54 Å².